The molecule has 1 saturated heterocycles. The summed E-state index contributed by atoms with van der Waals surface area (Å²) in [6, 6.07) is 5.47. The van der Waals surface area contributed by atoms with Gasteiger partial charge in [0, 0.05) is 12.1 Å². The molecular formula is C25H34FN3O3. The van der Waals surface area contributed by atoms with Gasteiger partial charge in [-0.15, -0.1) is 0 Å². The monoisotopic (exact) mass is 443 g/mol. The molecule has 7 heteroatoms. The third-order valence-electron chi connectivity index (χ3n) is 7.56. The Morgan fingerprint density at radius 2 is 1.53 bits per heavy atom. The van der Waals surface area contributed by atoms with Gasteiger partial charge >= 0.3 is 6.03 Å². The van der Waals surface area contributed by atoms with Crippen molar-refractivity contribution in [1.82, 2.24) is 15.1 Å². The van der Waals surface area contributed by atoms with Crippen LogP contribution >= 0.6 is 0 Å². The van der Waals surface area contributed by atoms with E-state index in [2.05, 4.69) is 5.32 Å². The van der Waals surface area contributed by atoms with Crippen LogP contribution in [-0.4, -0.2) is 46.3 Å². The van der Waals surface area contributed by atoms with Crippen molar-refractivity contribution >= 4 is 17.8 Å². The Bertz CT molecular complexity index is 828. The van der Waals surface area contributed by atoms with Crippen LogP contribution in [0.3, 0.4) is 0 Å². The molecule has 0 bridgehead atoms. The molecule has 1 N–H and O–H groups in total. The van der Waals surface area contributed by atoms with Crippen molar-refractivity contribution in [3.8, 4) is 0 Å². The third-order valence-corrected chi connectivity index (χ3v) is 7.56. The largest absolute Gasteiger partial charge is 0.335 e. The van der Waals surface area contributed by atoms with Crippen LogP contribution in [0.4, 0.5) is 9.18 Å². The summed E-state index contributed by atoms with van der Waals surface area (Å²) in [4.78, 5) is 43.0. The lowest BCUT2D eigenvalue weighted by Gasteiger charge is -2.42. The second kappa shape index (κ2) is 9.59. The van der Waals surface area contributed by atoms with Crippen molar-refractivity contribution in [3.05, 3.63) is 35.6 Å². The van der Waals surface area contributed by atoms with Crippen LogP contribution in [0.25, 0.3) is 0 Å². The minimum Gasteiger partial charge on any atom is -0.335 e. The van der Waals surface area contributed by atoms with E-state index in [9.17, 15) is 18.8 Å². The van der Waals surface area contributed by atoms with Crippen molar-refractivity contribution in [3.63, 3.8) is 0 Å². The fourth-order valence-electron chi connectivity index (χ4n) is 5.78. The maximum Gasteiger partial charge on any atom is 0.325 e. The maximum atomic E-state index is 13.6. The number of nitrogens with zero attached hydrogens (tertiary/aromatic N) is 2. The molecule has 3 fully saturated rings. The van der Waals surface area contributed by atoms with E-state index in [1.807, 2.05) is 11.8 Å². The van der Waals surface area contributed by atoms with Gasteiger partial charge < -0.3 is 10.2 Å². The molecule has 4 rings (SSSR count). The normalized spacial score (nSPS) is 25.1. The zero-order chi connectivity index (χ0) is 22.7. The Balaban J connectivity index is 1.55. The summed E-state index contributed by atoms with van der Waals surface area (Å²) < 4.78 is 13.4. The molecule has 0 aromatic heterocycles. The predicted molar refractivity (Wildman–Crippen MR) is 119 cm³/mol. The topological polar surface area (TPSA) is 69.7 Å². The average molecular weight is 444 g/mol. The summed E-state index contributed by atoms with van der Waals surface area (Å²) in [5.41, 5.74) is -0.725. The summed E-state index contributed by atoms with van der Waals surface area (Å²) in [6.07, 6.45) is 11.2. The molecule has 3 aliphatic rings. The Morgan fingerprint density at radius 3 is 2.03 bits per heavy atom. The number of hydrogen-bond donors (Lipinski definition) is 1. The van der Waals surface area contributed by atoms with Crippen LogP contribution in [0, 0.1) is 5.82 Å². The standard InChI is InChI=1S/C25H34FN3O3/c1-2-25(18-13-15-19(26)16-14-18)23(31)28(24(32)27-25)17-22(30)29(20-9-5-3-6-10-20)21-11-7-4-8-12-21/h13-16,20-21H,2-12,17H2,1H3,(H,27,32). The van der Waals surface area contributed by atoms with Gasteiger partial charge in [0.1, 0.15) is 17.9 Å². The number of imide groups is 1. The molecule has 2 saturated carbocycles. The summed E-state index contributed by atoms with van der Waals surface area (Å²) in [7, 11) is 0. The van der Waals surface area contributed by atoms with E-state index in [0.717, 1.165) is 56.3 Å². The Kier molecular flexibility index (Phi) is 6.82. The van der Waals surface area contributed by atoms with Gasteiger partial charge in [-0.25, -0.2) is 9.18 Å². The van der Waals surface area contributed by atoms with Crippen LogP contribution < -0.4 is 5.32 Å². The summed E-state index contributed by atoms with van der Waals surface area (Å²) in [5, 5.41) is 2.80. The average Bonchev–Trinajstić information content (AvgIpc) is 3.06. The van der Waals surface area contributed by atoms with Crippen molar-refractivity contribution in [1.29, 1.82) is 0 Å². The number of nitrogens with one attached hydrogen (secondary N) is 1. The van der Waals surface area contributed by atoms with Crippen LogP contribution in [0.1, 0.15) is 83.1 Å². The van der Waals surface area contributed by atoms with Crippen LogP contribution in [0.2, 0.25) is 0 Å². The zero-order valence-electron chi connectivity index (χ0n) is 18.9. The van der Waals surface area contributed by atoms with Crippen molar-refractivity contribution < 1.29 is 18.8 Å². The highest BCUT2D eigenvalue weighted by Gasteiger charge is 2.52. The molecule has 1 aromatic carbocycles. The van der Waals surface area contributed by atoms with Gasteiger partial charge in [0.15, 0.2) is 0 Å². The molecule has 0 radical (unpaired) electrons. The molecule has 1 aliphatic heterocycles. The summed E-state index contributed by atoms with van der Waals surface area (Å²) in [5.74, 6) is -0.963. The third kappa shape index (κ3) is 4.26. The van der Waals surface area contributed by atoms with E-state index >= 15 is 0 Å². The number of urea groups is 1. The summed E-state index contributed by atoms with van der Waals surface area (Å²) >= 11 is 0. The molecular weight excluding hydrogens is 409 g/mol. The maximum absolute atomic E-state index is 13.6. The van der Waals surface area contributed by atoms with Crippen LogP contribution in [0.5, 0.6) is 0 Å². The SMILES string of the molecule is CCC1(c2ccc(F)cc2)NC(=O)N(CC(=O)N(C2CCCCC2)C2CCCCC2)C1=O. The molecule has 1 atom stereocenters. The number of amides is 4. The second-order valence-electron chi connectivity index (χ2n) is 9.47. The highest BCUT2D eigenvalue weighted by molar-refractivity contribution is 6.09. The highest BCUT2D eigenvalue weighted by atomic mass is 19.1. The van der Waals surface area contributed by atoms with E-state index in [-0.39, 0.29) is 24.5 Å². The number of hydrogen-bond acceptors (Lipinski definition) is 3. The van der Waals surface area contributed by atoms with Gasteiger partial charge in [-0.3, -0.25) is 14.5 Å². The van der Waals surface area contributed by atoms with Gasteiger partial charge in [-0.2, -0.15) is 0 Å². The molecule has 1 aromatic rings. The Morgan fingerprint density at radius 1 is 1.00 bits per heavy atom. The smallest absolute Gasteiger partial charge is 0.325 e. The summed E-state index contributed by atoms with van der Waals surface area (Å²) in [6.45, 7) is 1.57. The molecule has 0 spiro atoms. The van der Waals surface area contributed by atoms with Crippen LogP contribution in [-0.2, 0) is 15.1 Å². The first-order chi connectivity index (χ1) is 15.5. The fraction of sp³-hybridized carbons (Fsp3) is 0.640. The molecule has 4 amide bonds. The van der Waals surface area contributed by atoms with Crippen molar-refractivity contribution in [2.24, 2.45) is 0 Å². The zero-order valence-corrected chi connectivity index (χ0v) is 18.9. The predicted octanol–water partition coefficient (Wildman–Crippen LogP) is 4.48. The first-order valence-corrected chi connectivity index (χ1v) is 12.2. The lowest BCUT2D eigenvalue weighted by molar-refractivity contribution is -0.143. The van der Waals surface area contributed by atoms with E-state index in [1.54, 1.807) is 0 Å². The Hall–Kier alpha value is -2.44. The lowest BCUT2D eigenvalue weighted by Crippen LogP contribution is -2.53. The van der Waals surface area contributed by atoms with Gasteiger partial charge in [-0.1, -0.05) is 57.6 Å². The number of carbonyl (C=O) groups excluding carboxylic acids is 3. The van der Waals surface area contributed by atoms with Crippen molar-refractivity contribution in [2.45, 2.75) is 95.2 Å². The van der Waals surface area contributed by atoms with Crippen LogP contribution in [0.15, 0.2) is 24.3 Å². The van der Waals surface area contributed by atoms with E-state index < -0.39 is 23.3 Å². The molecule has 32 heavy (non-hydrogen) atoms. The van der Waals surface area contributed by atoms with Crippen molar-refractivity contribution in [2.75, 3.05) is 6.54 Å². The minimum absolute atomic E-state index is 0.127. The first-order valence-electron chi connectivity index (χ1n) is 12.2. The molecule has 174 valence electrons. The van der Waals surface area contributed by atoms with Gasteiger partial charge in [-0.05, 0) is 49.8 Å². The van der Waals surface area contributed by atoms with Gasteiger partial charge in [0.2, 0.25) is 5.91 Å². The number of halogens is 1. The minimum atomic E-state index is -1.26. The Labute approximate surface area is 189 Å². The number of carbonyl (C=O) groups is 3. The highest BCUT2D eigenvalue weighted by Crippen LogP contribution is 2.34. The second-order valence-corrected chi connectivity index (χ2v) is 9.47. The quantitative estimate of drug-likeness (QED) is 0.659. The number of benzene rings is 1. The fourth-order valence-corrected chi connectivity index (χ4v) is 5.78. The van der Waals surface area contributed by atoms with E-state index in [0.29, 0.717) is 12.0 Å². The van der Waals surface area contributed by atoms with Gasteiger partial charge in [0.25, 0.3) is 5.91 Å². The number of rotatable bonds is 6. The lowest BCUT2D eigenvalue weighted by atomic mass is 9.87. The van der Waals surface area contributed by atoms with E-state index in [1.165, 1.54) is 37.1 Å². The molecule has 6 nitrogen and oxygen atoms in total. The molecule has 1 heterocycles. The van der Waals surface area contributed by atoms with E-state index in [4.69, 9.17) is 0 Å². The first kappa shape index (κ1) is 22.7. The van der Waals surface area contributed by atoms with Gasteiger partial charge in [0.05, 0.1) is 0 Å². The molecule has 1 unspecified atom stereocenters. The molecule has 2 aliphatic carbocycles.